The Morgan fingerprint density at radius 1 is 0.348 bits per heavy atom. The summed E-state index contributed by atoms with van der Waals surface area (Å²) in [5, 5.41) is 2.69. The Kier molecular flexibility index (Phi) is 10.7. The number of carbonyl (C=O) groups is 1. The van der Waals surface area contributed by atoms with E-state index in [1.54, 1.807) is 0 Å². The minimum atomic E-state index is 0. The zero-order valence-corrected chi connectivity index (χ0v) is 30.7. The molecule has 46 heavy (non-hydrogen) atoms. The summed E-state index contributed by atoms with van der Waals surface area (Å²) < 4.78 is 0. The summed E-state index contributed by atoms with van der Waals surface area (Å²) in [4.78, 5) is 13.5. The van der Waals surface area contributed by atoms with Crippen LogP contribution in [-0.4, -0.2) is 6.29 Å². The number of fused-ring (bicyclic) bond motifs is 1. The van der Waals surface area contributed by atoms with Crippen LogP contribution in [0.2, 0.25) is 0 Å². The molecule has 4 aromatic rings. The van der Waals surface area contributed by atoms with Crippen molar-refractivity contribution in [1.82, 2.24) is 0 Å². The molecule has 0 aliphatic heterocycles. The number of aldehydes is 1. The van der Waals surface area contributed by atoms with E-state index in [0.29, 0.717) is 0 Å². The monoisotopic (exact) mass is 615 g/mol. The minimum absolute atomic E-state index is 0. The molecule has 0 saturated carbocycles. The van der Waals surface area contributed by atoms with Crippen molar-refractivity contribution in [1.29, 1.82) is 0 Å². The largest absolute Gasteiger partial charge is 0.309 e. The second-order valence-electron chi connectivity index (χ2n) is 13.4. The van der Waals surface area contributed by atoms with Gasteiger partial charge in [0.1, 0.15) is 6.29 Å². The number of nitrogens with zero attached hydrogens (tertiary/aromatic N) is 1. The Morgan fingerprint density at radius 3 is 1.09 bits per heavy atom. The zero-order valence-electron chi connectivity index (χ0n) is 30.7. The van der Waals surface area contributed by atoms with Gasteiger partial charge in [-0.05, 0) is 222 Å². The van der Waals surface area contributed by atoms with Gasteiger partial charge in [0.25, 0.3) is 0 Å². The van der Waals surface area contributed by atoms with E-state index in [-0.39, 0.29) is 7.43 Å². The van der Waals surface area contributed by atoms with Gasteiger partial charge in [-0.2, -0.15) is 0 Å². The number of hydrogen-bond acceptors (Lipinski definition) is 2. The summed E-state index contributed by atoms with van der Waals surface area (Å²) in [6, 6.07) is 0. The van der Waals surface area contributed by atoms with Crippen molar-refractivity contribution in [2.24, 2.45) is 0 Å². The summed E-state index contributed by atoms with van der Waals surface area (Å²) in [6.45, 7) is 36.6. The predicted octanol–water partition coefficient (Wildman–Crippen LogP) is 12.6. The normalized spacial score (nSPS) is 11.7. The maximum absolute atomic E-state index is 10.9. The van der Waals surface area contributed by atoms with Crippen molar-refractivity contribution < 1.29 is 4.79 Å². The van der Waals surface area contributed by atoms with E-state index in [9.17, 15) is 4.79 Å². The molecule has 0 unspecified atom stereocenters. The first-order valence-corrected chi connectivity index (χ1v) is 16.3. The van der Waals surface area contributed by atoms with Gasteiger partial charge >= 0.3 is 0 Å². The molecule has 4 rings (SSSR count). The highest BCUT2D eigenvalue weighted by molar-refractivity contribution is 6.04. The van der Waals surface area contributed by atoms with Crippen LogP contribution in [0.1, 0.15) is 102 Å². The van der Waals surface area contributed by atoms with Crippen LogP contribution in [0.3, 0.4) is 0 Å². The number of aryl methyl sites for hydroxylation is 4. The molecular formula is C44H57NO. The van der Waals surface area contributed by atoms with Crippen molar-refractivity contribution in [3.63, 3.8) is 0 Å². The van der Waals surface area contributed by atoms with E-state index in [2.05, 4.69) is 122 Å². The lowest BCUT2D eigenvalue weighted by atomic mass is 9.83. The van der Waals surface area contributed by atoms with Crippen LogP contribution in [-0.2, 0) is 4.79 Å². The molecule has 244 valence electrons. The topological polar surface area (TPSA) is 20.3 Å². The van der Waals surface area contributed by atoms with Gasteiger partial charge in [-0.3, -0.25) is 4.79 Å². The molecule has 0 fully saturated rings. The summed E-state index contributed by atoms with van der Waals surface area (Å²) in [6.07, 6.45) is 8.29. The Morgan fingerprint density at radius 2 is 0.674 bits per heavy atom. The molecule has 0 heterocycles. The van der Waals surface area contributed by atoms with Gasteiger partial charge in [0.2, 0.25) is 0 Å². The number of carbonyl (C=O) groups excluding carboxylic acids is 1. The van der Waals surface area contributed by atoms with E-state index in [1.165, 1.54) is 128 Å². The van der Waals surface area contributed by atoms with Crippen molar-refractivity contribution in [2.75, 3.05) is 4.90 Å². The minimum Gasteiger partial charge on any atom is -0.309 e. The van der Waals surface area contributed by atoms with Gasteiger partial charge < -0.3 is 4.90 Å². The number of benzene rings is 4. The van der Waals surface area contributed by atoms with Gasteiger partial charge in [0.15, 0.2) is 0 Å². The van der Waals surface area contributed by atoms with Crippen LogP contribution in [0, 0.1) is 111 Å². The Labute approximate surface area is 280 Å². The van der Waals surface area contributed by atoms with Gasteiger partial charge in [-0.25, -0.2) is 0 Å². The first kappa shape index (κ1) is 36.6. The van der Waals surface area contributed by atoms with Gasteiger partial charge in [0.05, 0.1) is 17.1 Å². The molecule has 0 aromatic heterocycles. The molecule has 0 N–H and O–H groups in total. The zero-order chi connectivity index (χ0) is 33.8. The lowest BCUT2D eigenvalue weighted by Crippen LogP contribution is -2.21. The number of rotatable bonds is 6. The van der Waals surface area contributed by atoms with Crippen LogP contribution in [0.25, 0.3) is 16.8 Å². The van der Waals surface area contributed by atoms with Gasteiger partial charge in [0, 0.05) is 0 Å². The van der Waals surface area contributed by atoms with E-state index in [0.717, 1.165) is 6.29 Å². The third kappa shape index (κ3) is 5.44. The second-order valence-corrected chi connectivity index (χ2v) is 13.4. The maximum atomic E-state index is 10.9. The number of allylic oxidation sites excluding steroid dienone is 3. The molecule has 2 heteroatoms. The Bertz CT molecular complexity index is 1830. The standard InChI is InChI=1S/C43H53NO.CH4/c1-22-24(3)31(10)41(32(11)25(22)4)44(42-33(12)26(5)23(2)27(6)34(42)13)43-35(14)30(9)39-36(15)38(20-18-17-19-21-45)28(7)29(8)40(39)37(43)16;/h17-21H,1-16H3;1H4/b19-17-,20-18+;. The van der Waals surface area contributed by atoms with Crippen LogP contribution in [0.15, 0.2) is 18.2 Å². The van der Waals surface area contributed by atoms with Crippen LogP contribution < -0.4 is 4.90 Å². The van der Waals surface area contributed by atoms with Crippen molar-refractivity contribution in [3.05, 3.63) is 113 Å². The summed E-state index contributed by atoms with van der Waals surface area (Å²) >= 11 is 0. The van der Waals surface area contributed by atoms with E-state index in [4.69, 9.17) is 0 Å². The molecule has 2 nitrogen and oxygen atoms in total. The molecule has 0 saturated heterocycles. The third-order valence-corrected chi connectivity index (χ3v) is 11.5. The fourth-order valence-electron chi connectivity index (χ4n) is 7.70. The van der Waals surface area contributed by atoms with Crippen LogP contribution in [0.4, 0.5) is 17.1 Å². The quantitative estimate of drug-likeness (QED) is 0.122. The molecule has 0 spiro atoms. The summed E-state index contributed by atoms with van der Waals surface area (Å²) in [5.41, 5.74) is 26.6. The molecule has 0 aliphatic carbocycles. The average Bonchev–Trinajstić information content (AvgIpc) is 3.01. The van der Waals surface area contributed by atoms with Crippen molar-refractivity contribution in [2.45, 2.75) is 118 Å². The molecule has 0 aliphatic rings. The highest BCUT2D eigenvalue weighted by Gasteiger charge is 2.30. The molecule has 0 atom stereocenters. The Hall–Kier alpha value is -3.91. The fraction of sp³-hybridized carbons (Fsp3) is 0.386. The highest BCUT2D eigenvalue weighted by Crippen LogP contribution is 2.51. The fourth-order valence-corrected chi connectivity index (χ4v) is 7.70. The van der Waals surface area contributed by atoms with Crippen molar-refractivity contribution in [3.8, 4) is 0 Å². The predicted molar refractivity (Wildman–Crippen MR) is 205 cm³/mol. The van der Waals surface area contributed by atoms with Gasteiger partial charge in [-0.1, -0.05) is 25.7 Å². The van der Waals surface area contributed by atoms with Crippen LogP contribution >= 0.6 is 0 Å². The SMILES string of the molecule is C.Cc1c(C)c(C)c(N(c2c(C)c(C)c(C)c(C)c2C)c2c(C)c(C)c3c(C)c(/C=C/C=C\C=O)c(C)c(C)c3c2C)c(C)c1C. The lowest BCUT2D eigenvalue weighted by molar-refractivity contribution is -0.104. The van der Waals surface area contributed by atoms with E-state index >= 15 is 0 Å². The number of anilines is 3. The van der Waals surface area contributed by atoms with Crippen LogP contribution in [0.5, 0.6) is 0 Å². The smallest absolute Gasteiger partial charge is 0.142 e. The molecule has 0 bridgehead atoms. The first-order chi connectivity index (χ1) is 21.0. The molecule has 0 radical (unpaired) electrons. The Balaban J connectivity index is 0.00000576. The maximum Gasteiger partial charge on any atom is 0.142 e. The summed E-state index contributed by atoms with van der Waals surface area (Å²) in [5.74, 6) is 0. The molecule has 0 amide bonds. The highest BCUT2D eigenvalue weighted by atomic mass is 16.1. The van der Waals surface area contributed by atoms with Crippen molar-refractivity contribution >= 4 is 40.2 Å². The van der Waals surface area contributed by atoms with Gasteiger partial charge in [-0.15, -0.1) is 0 Å². The lowest BCUT2D eigenvalue weighted by Gasteiger charge is -2.37. The summed E-state index contributed by atoms with van der Waals surface area (Å²) in [7, 11) is 0. The molecular weight excluding hydrogens is 558 g/mol. The number of hydrogen-bond donors (Lipinski definition) is 0. The average molecular weight is 616 g/mol. The van der Waals surface area contributed by atoms with E-state index < -0.39 is 0 Å². The second kappa shape index (κ2) is 13.4. The van der Waals surface area contributed by atoms with E-state index in [1.807, 2.05) is 12.2 Å². The first-order valence-electron chi connectivity index (χ1n) is 16.3. The molecule has 4 aromatic carbocycles. The third-order valence-electron chi connectivity index (χ3n) is 11.5.